The zero-order chi connectivity index (χ0) is 30.1. The fourth-order valence-electron chi connectivity index (χ4n) is 4.29. The van der Waals surface area contributed by atoms with Crippen LogP contribution in [0.25, 0.3) is 28.2 Å². The summed E-state index contributed by atoms with van der Waals surface area (Å²) >= 11 is 0. The Bertz CT molecular complexity index is 1690. The fourth-order valence-corrected chi connectivity index (χ4v) is 4.29. The smallest absolute Gasteiger partial charge is 0.347 e. The third-order valence-electron chi connectivity index (χ3n) is 6.23. The van der Waals surface area contributed by atoms with Gasteiger partial charge >= 0.3 is 11.6 Å². The minimum atomic E-state index is -1.29. The zero-order valence-corrected chi connectivity index (χ0v) is 22.8. The molecule has 41 heavy (non-hydrogen) atoms. The maximum Gasteiger partial charge on any atom is 0.347 e. The van der Waals surface area contributed by atoms with Crippen molar-refractivity contribution in [1.29, 1.82) is 0 Å². The molecule has 11 nitrogen and oxygen atoms in total. The Hall–Kier alpha value is -5.32. The molecule has 0 unspecified atom stereocenters. The molecule has 0 saturated carbocycles. The number of carboxylic acid groups (broad SMARTS) is 1. The number of benzene rings is 3. The number of fused-ring (bicyclic) bond motifs is 2. The number of rotatable bonds is 5. The summed E-state index contributed by atoms with van der Waals surface area (Å²) in [4.78, 5) is 23.2. The Kier molecular flexibility index (Phi) is 7.73. The van der Waals surface area contributed by atoms with E-state index in [1.165, 1.54) is 7.11 Å². The molecule has 2 heterocycles. The number of carboxylic acids is 1. The number of phenols is 3. The first kappa shape index (κ1) is 28.7. The van der Waals surface area contributed by atoms with Crippen LogP contribution in [0, 0.1) is 0 Å². The van der Waals surface area contributed by atoms with Gasteiger partial charge in [-0.2, -0.15) is 0 Å². The molecule has 11 heteroatoms. The first-order valence-corrected chi connectivity index (χ1v) is 12.2. The molecule has 0 amide bonds. The van der Waals surface area contributed by atoms with Crippen molar-refractivity contribution in [3.63, 3.8) is 0 Å². The van der Waals surface area contributed by atoms with Crippen LogP contribution < -0.4 is 24.6 Å². The fraction of sp³-hybridized carbons (Fsp3) is 0.200. The lowest BCUT2D eigenvalue weighted by atomic mass is 9.98. The maximum absolute atomic E-state index is 12.9. The highest BCUT2D eigenvalue weighted by molar-refractivity contribution is 5.99. The van der Waals surface area contributed by atoms with E-state index in [1.54, 1.807) is 44.6 Å². The van der Waals surface area contributed by atoms with Crippen molar-refractivity contribution in [3.05, 3.63) is 70.1 Å². The van der Waals surface area contributed by atoms with Gasteiger partial charge in [-0.25, -0.2) is 9.59 Å². The average molecular weight is 565 g/mol. The molecule has 1 aromatic heterocycles. The monoisotopic (exact) mass is 564 g/mol. The van der Waals surface area contributed by atoms with Crippen LogP contribution in [0.4, 0.5) is 0 Å². The van der Waals surface area contributed by atoms with E-state index in [2.05, 4.69) is 0 Å². The van der Waals surface area contributed by atoms with Gasteiger partial charge in [-0.1, -0.05) is 12.1 Å². The molecule has 1 aliphatic heterocycles. The van der Waals surface area contributed by atoms with Crippen LogP contribution in [-0.2, 0) is 0 Å². The van der Waals surface area contributed by atoms with E-state index in [-0.39, 0.29) is 5.56 Å². The van der Waals surface area contributed by atoms with Gasteiger partial charge < -0.3 is 43.8 Å². The Labute approximate surface area is 234 Å². The molecule has 5 rings (SSSR count). The summed E-state index contributed by atoms with van der Waals surface area (Å²) < 4.78 is 28.3. The molecule has 214 valence electrons. The predicted octanol–water partition coefficient (Wildman–Crippen LogP) is 5.17. The number of carbonyl (C=O) groups is 1. The van der Waals surface area contributed by atoms with E-state index >= 15 is 0 Å². The second-order valence-electron chi connectivity index (χ2n) is 9.43. The third-order valence-corrected chi connectivity index (χ3v) is 6.23. The van der Waals surface area contributed by atoms with Gasteiger partial charge in [-0.3, -0.25) is 0 Å². The molecule has 0 bridgehead atoms. The van der Waals surface area contributed by atoms with Crippen LogP contribution in [0.15, 0.2) is 57.8 Å². The summed E-state index contributed by atoms with van der Waals surface area (Å²) in [7, 11) is 4.68. The van der Waals surface area contributed by atoms with E-state index in [4.69, 9.17) is 43.8 Å². The Morgan fingerprint density at radius 3 is 2.02 bits per heavy atom. The van der Waals surface area contributed by atoms with Crippen LogP contribution in [0.5, 0.6) is 40.2 Å². The van der Waals surface area contributed by atoms with E-state index in [9.17, 15) is 9.59 Å². The van der Waals surface area contributed by atoms with Gasteiger partial charge in [0.15, 0.2) is 17.2 Å². The molecule has 4 N–H and O–H groups in total. The highest BCUT2D eigenvalue weighted by Gasteiger charge is 2.29. The molecule has 0 atom stereocenters. The molecular weight excluding hydrogens is 536 g/mol. The van der Waals surface area contributed by atoms with Crippen LogP contribution in [-0.4, -0.2) is 53.3 Å². The van der Waals surface area contributed by atoms with E-state index < -0.39 is 34.4 Å². The molecule has 0 spiro atoms. The molecule has 0 aliphatic carbocycles. The first-order chi connectivity index (χ1) is 19.4. The number of aromatic carboxylic acids is 1. The number of ether oxygens (including phenoxy) is 4. The number of aromatic hydroxyl groups is 3. The van der Waals surface area contributed by atoms with Crippen molar-refractivity contribution < 1.29 is 48.6 Å². The lowest BCUT2D eigenvalue weighted by Gasteiger charge is -2.29. The number of hydrogen-bond acceptors (Lipinski definition) is 10. The highest BCUT2D eigenvalue weighted by Crippen LogP contribution is 2.47. The second kappa shape index (κ2) is 11.0. The van der Waals surface area contributed by atoms with Crippen LogP contribution in [0.1, 0.15) is 29.8 Å². The molecule has 3 aromatic carbocycles. The van der Waals surface area contributed by atoms with Crippen molar-refractivity contribution in [2.24, 2.45) is 0 Å². The number of phenolic OH excluding ortho intramolecular Hbond substituents is 3. The van der Waals surface area contributed by atoms with Crippen LogP contribution in [0.3, 0.4) is 0 Å². The first-order valence-electron chi connectivity index (χ1n) is 12.2. The summed E-state index contributed by atoms with van der Waals surface area (Å²) in [5.41, 5.74) is 0.819. The van der Waals surface area contributed by atoms with Crippen LogP contribution >= 0.6 is 0 Å². The van der Waals surface area contributed by atoms with Crippen molar-refractivity contribution in [1.82, 2.24) is 0 Å². The van der Waals surface area contributed by atoms with Gasteiger partial charge in [-0.15, -0.1) is 0 Å². The summed E-state index contributed by atoms with van der Waals surface area (Å²) in [6.07, 6.45) is 3.91. The number of methoxy groups -OCH3 is 3. The standard InChI is InChI=1S/C23H22O6.C7H6O5/c1-23(2)11-10-15-16(29-23)12-17-19(20(15)26-4)21(27-5)18(22(24)28-17)13-6-8-14(25-3)9-7-13;8-4-1-3(7(11)12)2-5(9)6(4)10/h6-12H,1-5H3;1-2,8-10H,(H,11,12). The molecule has 4 aromatic rings. The number of hydrogen-bond donors (Lipinski definition) is 4. The zero-order valence-electron chi connectivity index (χ0n) is 22.8. The predicted molar refractivity (Wildman–Crippen MR) is 150 cm³/mol. The quantitative estimate of drug-likeness (QED) is 0.187. The lowest BCUT2D eigenvalue weighted by molar-refractivity contribution is 0.0695. The minimum Gasteiger partial charge on any atom is -0.504 e. The highest BCUT2D eigenvalue weighted by atomic mass is 16.5. The largest absolute Gasteiger partial charge is 0.504 e. The second-order valence-corrected chi connectivity index (χ2v) is 9.43. The Morgan fingerprint density at radius 1 is 0.878 bits per heavy atom. The van der Waals surface area contributed by atoms with Gasteiger partial charge in [-0.05, 0) is 55.8 Å². The average Bonchev–Trinajstić information content (AvgIpc) is 2.93. The Morgan fingerprint density at radius 2 is 1.49 bits per heavy atom. The topological polar surface area (TPSA) is 165 Å². The van der Waals surface area contributed by atoms with Gasteiger partial charge in [0.2, 0.25) is 0 Å². The SMILES string of the molecule is COc1ccc(-c2c(OC)c3c(OC)c4c(cc3oc2=O)OC(C)(C)C=C4)cc1.O=C(O)c1cc(O)c(O)c(O)c1. The molecular formula is C30H28O11. The molecule has 1 aliphatic rings. The Balaban J connectivity index is 0.000000271. The van der Waals surface area contributed by atoms with E-state index in [0.717, 1.165) is 17.7 Å². The van der Waals surface area contributed by atoms with E-state index in [0.29, 0.717) is 45.1 Å². The van der Waals surface area contributed by atoms with Gasteiger partial charge in [0, 0.05) is 6.07 Å². The van der Waals surface area contributed by atoms with Gasteiger partial charge in [0.05, 0.1) is 32.5 Å². The lowest BCUT2D eigenvalue weighted by Crippen LogP contribution is -2.27. The normalized spacial score (nSPS) is 12.9. The summed E-state index contributed by atoms with van der Waals surface area (Å²) in [6, 6.07) is 10.5. The maximum atomic E-state index is 12.9. The van der Waals surface area contributed by atoms with Gasteiger partial charge in [0.25, 0.3) is 0 Å². The van der Waals surface area contributed by atoms with Gasteiger partial charge in [0.1, 0.15) is 45.1 Å². The van der Waals surface area contributed by atoms with E-state index in [1.807, 2.05) is 26.0 Å². The summed E-state index contributed by atoms with van der Waals surface area (Å²) in [6.45, 7) is 3.90. The molecule has 0 fully saturated rings. The summed E-state index contributed by atoms with van der Waals surface area (Å²) in [5.74, 6) is -1.14. The van der Waals surface area contributed by atoms with Crippen molar-refractivity contribution in [3.8, 4) is 51.4 Å². The minimum absolute atomic E-state index is 0.289. The third kappa shape index (κ3) is 5.55. The van der Waals surface area contributed by atoms with Crippen molar-refractivity contribution in [2.45, 2.75) is 19.4 Å². The van der Waals surface area contributed by atoms with Crippen molar-refractivity contribution >= 4 is 23.0 Å². The van der Waals surface area contributed by atoms with Crippen LogP contribution in [0.2, 0.25) is 0 Å². The molecule has 0 radical (unpaired) electrons. The summed E-state index contributed by atoms with van der Waals surface area (Å²) in [5, 5.41) is 35.5. The van der Waals surface area contributed by atoms with Crippen molar-refractivity contribution in [2.75, 3.05) is 21.3 Å². The molecule has 0 saturated heterocycles.